The number of aryl methyl sites for hydroxylation is 3. The van der Waals surface area contributed by atoms with Crippen molar-refractivity contribution < 1.29 is 23.9 Å². The smallest absolute Gasteiger partial charge is 0.330 e. The predicted molar refractivity (Wildman–Crippen MR) is 136 cm³/mol. The first kappa shape index (κ1) is 26.0. The number of hydrogen-bond donors (Lipinski definition) is 0. The second-order valence-corrected chi connectivity index (χ2v) is 10.8. The van der Waals surface area contributed by atoms with E-state index < -0.39 is 17.3 Å². The van der Waals surface area contributed by atoms with E-state index in [0.29, 0.717) is 17.2 Å². The molecule has 2 unspecified atom stereocenters. The molecule has 0 aliphatic carbocycles. The standard InChI is InChI=1S/C26H29NO5S2/c1-16-10-17(2)21(18(3)11-16)13-32-26(31)22-14-33-15-27(22)25(30)24(34-19(4)28)12-23(29)20-8-6-5-7-9-20/h5-11,22,24H,12-15H2,1-4H3. The maximum Gasteiger partial charge on any atom is 0.330 e. The highest BCUT2D eigenvalue weighted by molar-refractivity contribution is 8.14. The first-order valence-corrected chi connectivity index (χ1v) is 13.1. The Bertz CT molecular complexity index is 1060. The van der Waals surface area contributed by atoms with Crippen LogP contribution in [0.2, 0.25) is 0 Å². The highest BCUT2D eigenvalue weighted by Gasteiger charge is 2.40. The van der Waals surface area contributed by atoms with E-state index in [-0.39, 0.29) is 29.8 Å². The van der Waals surface area contributed by atoms with Gasteiger partial charge >= 0.3 is 5.97 Å². The third kappa shape index (κ3) is 6.51. The molecule has 3 rings (SSSR count). The van der Waals surface area contributed by atoms with E-state index in [4.69, 9.17) is 4.74 Å². The number of esters is 1. The van der Waals surface area contributed by atoms with E-state index in [9.17, 15) is 19.2 Å². The summed E-state index contributed by atoms with van der Waals surface area (Å²) in [6.45, 7) is 7.50. The van der Waals surface area contributed by atoms with Crippen molar-refractivity contribution in [3.05, 3.63) is 70.3 Å². The number of carbonyl (C=O) groups is 4. The predicted octanol–water partition coefficient (Wildman–Crippen LogP) is 4.48. The number of nitrogens with zero attached hydrogens (tertiary/aromatic N) is 1. The Labute approximate surface area is 208 Å². The zero-order valence-electron chi connectivity index (χ0n) is 19.8. The Balaban J connectivity index is 1.70. The number of amides is 1. The van der Waals surface area contributed by atoms with Crippen LogP contribution >= 0.6 is 23.5 Å². The van der Waals surface area contributed by atoms with Crippen molar-refractivity contribution >= 4 is 46.3 Å². The monoisotopic (exact) mass is 499 g/mol. The van der Waals surface area contributed by atoms with E-state index in [1.165, 1.54) is 23.6 Å². The summed E-state index contributed by atoms with van der Waals surface area (Å²) < 4.78 is 5.62. The summed E-state index contributed by atoms with van der Waals surface area (Å²) in [5.74, 6) is -0.349. The molecule has 34 heavy (non-hydrogen) atoms. The molecule has 1 amide bonds. The molecule has 2 atom stereocenters. The van der Waals surface area contributed by atoms with Gasteiger partial charge in [0, 0.05) is 24.7 Å². The molecule has 0 aromatic heterocycles. The summed E-state index contributed by atoms with van der Waals surface area (Å²) in [7, 11) is 0. The van der Waals surface area contributed by atoms with Gasteiger partial charge in [0.05, 0.1) is 11.1 Å². The van der Waals surface area contributed by atoms with E-state index in [1.807, 2.05) is 32.9 Å². The lowest BCUT2D eigenvalue weighted by atomic mass is 10.0. The van der Waals surface area contributed by atoms with Gasteiger partial charge in [-0.05, 0) is 37.5 Å². The van der Waals surface area contributed by atoms with E-state index in [0.717, 1.165) is 34.0 Å². The molecule has 0 bridgehead atoms. The van der Waals surface area contributed by atoms with Gasteiger partial charge in [-0.2, -0.15) is 0 Å². The highest BCUT2D eigenvalue weighted by Crippen LogP contribution is 2.28. The molecule has 0 spiro atoms. The number of carbonyl (C=O) groups excluding carboxylic acids is 4. The molecule has 6 nitrogen and oxygen atoms in total. The van der Waals surface area contributed by atoms with Gasteiger partial charge in [-0.15, -0.1) is 11.8 Å². The van der Waals surface area contributed by atoms with Crippen molar-refractivity contribution in [2.24, 2.45) is 0 Å². The average Bonchev–Trinajstić information content (AvgIpc) is 3.27. The number of hydrogen-bond acceptors (Lipinski definition) is 7. The maximum absolute atomic E-state index is 13.4. The first-order chi connectivity index (χ1) is 16.2. The van der Waals surface area contributed by atoms with Gasteiger partial charge in [0.1, 0.15) is 12.6 Å². The summed E-state index contributed by atoms with van der Waals surface area (Å²) in [6, 6.07) is 12.0. The van der Waals surface area contributed by atoms with Crippen LogP contribution in [0.1, 0.15) is 46.0 Å². The van der Waals surface area contributed by atoms with Gasteiger partial charge in [0.15, 0.2) is 10.9 Å². The minimum absolute atomic E-state index is 0.113. The Kier molecular flexibility index (Phi) is 8.97. The Morgan fingerprint density at radius 3 is 2.35 bits per heavy atom. The molecule has 180 valence electrons. The summed E-state index contributed by atoms with van der Waals surface area (Å²) in [5.41, 5.74) is 4.70. The fourth-order valence-electron chi connectivity index (χ4n) is 4.01. The highest BCUT2D eigenvalue weighted by atomic mass is 32.2. The van der Waals surface area contributed by atoms with Crippen LogP contribution in [0.4, 0.5) is 0 Å². The van der Waals surface area contributed by atoms with Crippen molar-refractivity contribution in [2.45, 2.75) is 52.0 Å². The molecule has 1 aliphatic rings. The molecule has 0 radical (unpaired) electrons. The van der Waals surface area contributed by atoms with Crippen LogP contribution in [0.5, 0.6) is 0 Å². The van der Waals surface area contributed by atoms with Gasteiger partial charge in [-0.3, -0.25) is 14.4 Å². The minimum atomic E-state index is -0.888. The lowest BCUT2D eigenvalue weighted by molar-refractivity contribution is -0.153. The van der Waals surface area contributed by atoms with E-state index in [2.05, 4.69) is 0 Å². The van der Waals surface area contributed by atoms with Crippen LogP contribution in [0.15, 0.2) is 42.5 Å². The van der Waals surface area contributed by atoms with Crippen LogP contribution in [-0.4, -0.2) is 50.6 Å². The maximum atomic E-state index is 13.4. The molecule has 1 aliphatic heterocycles. The molecule has 0 N–H and O–H groups in total. The Hall–Kier alpha value is -2.58. The number of ketones is 1. The van der Waals surface area contributed by atoms with Crippen molar-refractivity contribution in [1.82, 2.24) is 4.90 Å². The van der Waals surface area contributed by atoms with E-state index >= 15 is 0 Å². The number of thioether (sulfide) groups is 2. The van der Waals surface area contributed by atoms with Crippen LogP contribution in [0.3, 0.4) is 0 Å². The first-order valence-electron chi connectivity index (χ1n) is 11.0. The zero-order valence-corrected chi connectivity index (χ0v) is 21.5. The lowest BCUT2D eigenvalue weighted by Crippen LogP contribution is -2.47. The molecule has 8 heteroatoms. The van der Waals surface area contributed by atoms with Crippen molar-refractivity contribution in [3.63, 3.8) is 0 Å². The molecule has 1 fully saturated rings. The largest absolute Gasteiger partial charge is 0.459 e. The van der Waals surface area contributed by atoms with E-state index in [1.54, 1.807) is 30.3 Å². The van der Waals surface area contributed by atoms with Gasteiger partial charge in [0.25, 0.3) is 0 Å². The van der Waals surface area contributed by atoms with Gasteiger partial charge in [0.2, 0.25) is 5.91 Å². The summed E-state index contributed by atoms with van der Waals surface area (Å²) in [5, 5.41) is -1.14. The number of rotatable bonds is 8. The Morgan fingerprint density at radius 1 is 1.09 bits per heavy atom. The molecule has 1 saturated heterocycles. The number of Topliss-reactive ketones (excluding diaryl/α,β-unsaturated/α-hetero) is 1. The summed E-state index contributed by atoms with van der Waals surface area (Å²) in [4.78, 5) is 52.3. The second kappa shape index (κ2) is 11.7. The molecular weight excluding hydrogens is 470 g/mol. The molecule has 1 heterocycles. The van der Waals surface area contributed by atoms with Crippen molar-refractivity contribution in [2.75, 3.05) is 11.6 Å². The lowest BCUT2D eigenvalue weighted by Gasteiger charge is -2.26. The summed E-state index contributed by atoms with van der Waals surface area (Å²) in [6.07, 6.45) is -0.113. The van der Waals surface area contributed by atoms with Gasteiger partial charge < -0.3 is 9.64 Å². The summed E-state index contributed by atoms with van der Waals surface area (Å²) >= 11 is 2.29. The molecule has 2 aromatic rings. The third-order valence-corrected chi connectivity index (χ3v) is 7.68. The topological polar surface area (TPSA) is 80.8 Å². The van der Waals surface area contributed by atoms with Crippen molar-refractivity contribution in [3.8, 4) is 0 Å². The van der Waals surface area contributed by atoms with Crippen LogP contribution in [0.25, 0.3) is 0 Å². The fraction of sp³-hybridized carbons (Fsp3) is 0.385. The number of benzene rings is 2. The SMILES string of the molecule is CC(=O)SC(CC(=O)c1ccccc1)C(=O)N1CSCC1C(=O)OCc1c(C)cc(C)cc1C. The van der Waals surface area contributed by atoms with Crippen molar-refractivity contribution in [1.29, 1.82) is 0 Å². The zero-order chi connectivity index (χ0) is 24.8. The third-order valence-electron chi connectivity index (χ3n) is 5.69. The van der Waals surface area contributed by atoms with Gasteiger partial charge in [-0.1, -0.05) is 59.8 Å². The van der Waals surface area contributed by atoms with Crippen LogP contribution in [-0.2, 0) is 25.7 Å². The molecular formula is C26H29NO5S2. The molecule has 2 aromatic carbocycles. The fourth-order valence-corrected chi connectivity index (χ4v) is 6.03. The quantitative estimate of drug-likeness (QED) is 0.391. The Morgan fingerprint density at radius 2 is 1.74 bits per heavy atom. The van der Waals surface area contributed by atoms with Crippen LogP contribution in [0, 0.1) is 20.8 Å². The minimum Gasteiger partial charge on any atom is -0.459 e. The second-order valence-electron chi connectivity index (χ2n) is 8.40. The van der Waals surface area contributed by atoms with Crippen LogP contribution < -0.4 is 0 Å². The normalized spacial score (nSPS) is 16.2. The van der Waals surface area contributed by atoms with Gasteiger partial charge in [-0.25, -0.2) is 4.79 Å². The molecule has 0 saturated carbocycles. The average molecular weight is 500 g/mol. The number of ether oxygens (including phenoxy) is 1.